The zero-order valence-electron chi connectivity index (χ0n) is 37.6. The first kappa shape index (κ1) is 54.5. The lowest BCUT2D eigenvalue weighted by Gasteiger charge is -2.23. The molecule has 0 rings (SSSR count). The number of nitrogens with zero attached hydrogens (tertiary/aromatic N) is 1. The van der Waals surface area contributed by atoms with Crippen LogP contribution in [-0.4, -0.2) is 49.0 Å². The van der Waals surface area contributed by atoms with Crippen LogP contribution in [0.15, 0.2) is 0 Å². The maximum atomic E-state index is 13.2. The average Bonchev–Trinajstić information content (AvgIpc) is 3.17. The second-order valence-electron chi connectivity index (χ2n) is 15.9. The van der Waals surface area contributed by atoms with E-state index in [0.29, 0.717) is 13.1 Å². The van der Waals surface area contributed by atoms with E-state index in [2.05, 4.69) is 27.7 Å². The molecular weight excluding hydrogens is 671 g/mol. The lowest BCUT2D eigenvalue weighted by molar-refractivity contribution is -0.152. The van der Waals surface area contributed by atoms with Crippen molar-refractivity contribution in [2.24, 2.45) is 11.8 Å². The second kappa shape index (κ2) is 44.1. The third-order valence-corrected chi connectivity index (χ3v) is 10.9. The first-order valence-electron chi connectivity index (χ1n) is 24.0. The fourth-order valence-corrected chi connectivity index (χ4v) is 7.33. The number of rotatable bonds is 40. The highest BCUT2D eigenvalue weighted by molar-refractivity contribution is 5.74. The molecule has 0 heterocycles. The lowest BCUT2D eigenvalue weighted by atomic mass is 9.94. The van der Waals surface area contributed by atoms with Crippen LogP contribution >= 0.6 is 0 Å². The predicted molar refractivity (Wildman–Crippen MR) is 233 cm³/mol. The van der Waals surface area contributed by atoms with Gasteiger partial charge in [-0.05, 0) is 25.7 Å². The Hall–Kier alpha value is -1.59. The Labute approximate surface area is 337 Å². The van der Waals surface area contributed by atoms with Crippen molar-refractivity contribution >= 4 is 17.8 Å². The summed E-state index contributed by atoms with van der Waals surface area (Å²) < 4.78 is 11.6. The van der Waals surface area contributed by atoms with Gasteiger partial charge in [-0.25, -0.2) is 0 Å². The van der Waals surface area contributed by atoms with E-state index in [1.807, 2.05) is 13.8 Å². The van der Waals surface area contributed by atoms with Gasteiger partial charge in [-0.1, -0.05) is 221 Å². The molecule has 0 saturated heterocycles. The summed E-state index contributed by atoms with van der Waals surface area (Å²) in [4.78, 5) is 40.6. The minimum Gasteiger partial charge on any atom is -0.464 e. The van der Waals surface area contributed by atoms with E-state index in [1.165, 1.54) is 161 Å². The van der Waals surface area contributed by atoms with E-state index in [9.17, 15) is 14.4 Å². The van der Waals surface area contributed by atoms with Crippen LogP contribution in [0.25, 0.3) is 0 Å². The molecule has 0 bridgehead atoms. The predicted octanol–water partition coefficient (Wildman–Crippen LogP) is 14.7. The van der Waals surface area contributed by atoms with Crippen molar-refractivity contribution < 1.29 is 23.9 Å². The Morgan fingerprint density at radius 3 is 0.833 bits per heavy atom. The highest BCUT2D eigenvalue weighted by atomic mass is 16.5. The summed E-state index contributed by atoms with van der Waals surface area (Å²) in [6.45, 7) is 15.6. The van der Waals surface area contributed by atoms with Crippen LogP contribution in [0, 0.1) is 11.8 Å². The van der Waals surface area contributed by atoms with Crippen molar-refractivity contribution in [2.45, 2.75) is 254 Å². The number of ether oxygens (including phenoxy) is 2. The molecule has 0 aromatic rings. The number of carbonyl (C=O) groups is 3. The number of hydrogen-bond donors (Lipinski definition) is 0. The first-order chi connectivity index (χ1) is 26.4. The molecule has 6 heteroatoms. The fourth-order valence-electron chi connectivity index (χ4n) is 7.33. The summed E-state index contributed by atoms with van der Waals surface area (Å²) in [7, 11) is 0. The van der Waals surface area contributed by atoms with E-state index in [-0.39, 0.29) is 42.9 Å². The van der Waals surface area contributed by atoms with Crippen LogP contribution < -0.4 is 0 Å². The molecule has 0 aliphatic carbocycles. The van der Waals surface area contributed by atoms with Gasteiger partial charge in [0.2, 0.25) is 5.91 Å². The van der Waals surface area contributed by atoms with E-state index < -0.39 is 0 Å². The zero-order chi connectivity index (χ0) is 40.3. The summed E-state index contributed by atoms with van der Waals surface area (Å²) in [5.41, 5.74) is 0. The fraction of sp³-hybridized carbons (Fsp3) is 0.938. The molecule has 0 aromatic carbocycles. The van der Waals surface area contributed by atoms with Crippen molar-refractivity contribution in [3.05, 3.63) is 0 Å². The standard InChI is InChI=1S/C46H89NO5.C2H6/c1-6-10-14-18-22-26-30-34-43(35-31-27-23-19-15-11-7-2)45(49)51-40-38-47(42(5)48)39-41-52-46(50)44(36-32-28-24-20-16-12-8-3)37-33-29-25-21-17-13-9-4;1-2/h43-44H,6-41H2,1-5H3;1-2H3. The number of hydrogen-bond acceptors (Lipinski definition) is 5. The highest BCUT2D eigenvalue weighted by Gasteiger charge is 2.22. The van der Waals surface area contributed by atoms with Crippen LogP contribution in [0.1, 0.15) is 254 Å². The molecule has 0 atom stereocenters. The maximum Gasteiger partial charge on any atom is 0.308 e. The molecule has 54 heavy (non-hydrogen) atoms. The Bertz CT molecular complexity index is 708. The second-order valence-corrected chi connectivity index (χ2v) is 15.9. The van der Waals surface area contributed by atoms with Crippen LogP contribution in [0.5, 0.6) is 0 Å². The summed E-state index contributed by atoms with van der Waals surface area (Å²) in [5, 5.41) is 0. The van der Waals surface area contributed by atoms with Gasteiger partial charge in [-0.3, -0.25) is 14.4 Å². The largest absolute Gasteiger partial charge is 0.464 e. The number of carbonyl (C=O) groups excluding carboxylic acids is 3. The van der Waals surface area contributed by atoms with Crippen molar-refractivity contribution in [1.29, 1.82) is 0 Å². The van der Waals surface area contributed by atoms with E-state index in [0.717, 1.165) is 51.4 Å². The third-order valence-electron chi connectivity index (χ3n) is 10.9. The molecule has 0 saturated carbocycles. The van der Waals surface area contributed by atoms with Crippen LogP contribution in [0.3, 0.4) is 0 Å². The molecule has 0 fully saturated rings. The zero-order valence-corrected chi connectivity index (χ0v) is 37.6. The summed E-state index contributed by atoms with van der Waals surface area (Å²) >= 11 is 0. The molecule has 0 spiro atoms. The Balaban J connectivity index is 0. The first-order valence-corrected chi connectivity index (χ1v) is 24.0. The Kier molecular flexibility index (Phi) is 44.5. The van der Waals surface area contributed by atoms with Crippen molar-refractivity contribution in [1.82, 2.24) is 4.90 Å². The molecule has 0 unspecified atom stereocenters. The van der Waals surface area contributed by atoms with Crippen molar-refractivity contribution in [3.8, 4) is 0 Å². The third kappa shape index (κ3) is 36.1. The summed E-state index contributed by atoms with van der Waals surface area (Å²) in [5.74, 6) is -0.404. The normalized spacial score (nSPS) is 11.1. The van der Waals surface area contributed by atoms with E-state index >= 15 is 0 Å². The maximum absolute atomic E-state index is 13.2. The lowest BCUT2D eigenvalue weighted by Crippen LogP contribution is -2.36. The van der Waals surface area contributed by atoms with Gasteiger partial charge in [0, 0.05) is 6.92 Å². The SMILES string of the molecule is CC.CCCCCCCCCC(CCCCCCCCC)C(=O)OCCN(CCOC(=O)C(CCCCCCCCC)CCCCCCCCC)C(C)=O. The van der Waals surface area contributed by atoms with Gasteiger partial charge < -0.3 is 14.4 Å². The Morgan fingerprint density at radius 1 is 0.389 bits per heavy atom. The average molecular weight is 766 g/mol. The van der Waals surface area contributed by atoms with Crippen molar-refractivity contribution in [2.75, 3.05) is 26.3 Å². The number of amides is 1. The molecule has 0 radical (unpaired) electrons. The summed E-state index contributed by atoms with van der Waals surface area (Å²) in [6.07, 6.45) is 38.3. The molecule has 0 aliphatic heterocycles. The topological polar surface area (TPSA) is 72.9 Å². The molecule has 0 aliphatic rings. The monoisotopic (exact) mass is 766 g/mol. The molecule has 322 valence electrons. The molecular formula is C48H95NO5. The molecule has 0 aromatic heterocycles. The van der Waals surface area contributed by atoms with Gasteiger partial charge >= 0.3 is 11.9 Å². The highest BCUT2D eigenvalue weighted by Crippen LogP contribution is 2.23. The van der Waals surface area contributed by atoms with E-state index in [4.69, 9.17) is 9.47 Å². The van der Waals surface area contributed by atoms with E-state index in [1.54, 1.807) is 4.90 Å². The van der Waals surface area contributed by atoms with Gasteiger partial charge in [0.25, 0.3) is 0 Å². The van der Waals surface area contributed by atoms with Gasteiger partial charge in [-0.15, -0.1) is 0 Å². The number of esters is 2. The molecule has 6 nitrogen and oxygen atoms in total. The molecule has 1 amide bonds. The van der Waals surface area contributed by atoms with Crippen LogP contribution in [0.2, 0.25) is 0 Å². The Morgan fingerprint density at radius 2 is 0.611 bits per heavy atom. The minimum absolute atomic E-state index is 0.0531. The van der Waals surface area contributed by atoms with Gasteiger partial charge in [0.1, 0.15) is 13.2 Å². The van der Waals surface area contributed by atoms with Gasteiger partial charge in [-0.2, -0.15) is 0 Å². The van der Waals surface area contributed by atoms with Gasteiger partial charge in [0.05, 0.1) is 24.9 Å². The quantitative estimate of drug-likeness (QED) is 0.0459. The number of unbranched alkanes of at least 4 members (excludes halogenated alkanes) is 24. The smallest absolute Gasteiger partial charge is 0.308 e. The van der Waals surface area contributed by atoms with Crippen LogP contribution in [-0.2, 0) is 23.9 Å². The molecule has 0 N–H and O–H groups in total. The van der Waals surface area contributed by atoms with Crippen molar-refractivity contribution in [3.63, 3.8) is 0 Å². The van der Waals surface area contributed by atoms with Gasteiger partial charge in [0.15, 0.2) is 0 Å². The summed E-state index contributed by atoms with van der Waals surface area (Å²) in [6, 6.07) is 0. The minimum atomic E-state index is -0.106. The van der Waals surface area contributed by atoms with Crippen LogP contribution in [0.4, 0.5) is 0 Å².